The number of nitrogens with two attached hydrogens (primary N) is 1. The van der Waals surface area contributed by atoms with Crippen LogP contribution in [0.4, 0.5) is 17.6 Å². The largest absolute Gasteiger partial charge is 0.573 e. The minimum atomic E-state index is -4.95. The van der Waals surface area contributed by atoms with Gasteiger partial charge in [-0.25, -0.2) is 4.39 Å². The van der Waals surface area contributed by atoms with Crippen LogP contribution in [0.1, 0.15) is 24.9 Å². The lowest BCUT2D eigenvalue weighted by Crippen LogP contribution is -2.25. The van der Waals surface area contributed by atoms with Crippen LogP contribution in [0.2, 0.25) is 0 Å². The maximum absolute atomic E-state index is 13.3. The molecule has 0 saturated carbocycles. The Morgan fingerprint density at radius 1 is 1.39 bits per heavy atom. The number of ether oxygens (including phenoxy) is 1. The number of benzene rings is 1. The minimum Gasteiger partial charge on any atom is -0.403 e. The fraction of sp³-hybridized carbons (Fsp3) is 0.455. The van der Waals surface area contributed by atoms with Crippen LogP contribution in [-0.2, 0) is 0 Å². The van der Waals surface area contributed by atoms with E-state index in [1.54, 1.807) is 6.92 Å². The number of hydrogen-bond acceptors (Lipinski definition) is 3. The molecule has 0 spiro atoms. The summed E-state index contributed by atoms with van der Waals surface area (Å²) in [5.74, 6) is -2.10. The maximum atomic E-state index is 13.3. The van der Waals surface area contributed by atoms with Crippen LogP contribution in [0, 0.1) is 5.82 Å². The van der Waals surface area contributed by atoms with Crippen molar-refractivity contribution < 1.29 is 27.4 Å². The minimum absolute atomic E-state index is 0.205. The van der Waals surface area contributed by atoms with Crippen molar-refractivity contribution in [3.8, 4) is 5.75 Å². The molecule has 2 atom stereocenters. The summed E-state index contributed by atoms with van der Waals surface area (Å²) in [6.07, 6.45) is -5.49. The normalized spacial score (nSPS) is 15.3. The van der Waals surface area contributed by atoms with Crippen molar-refractivity contribution in [2.24, 2.45) is 5.73 Å². The molecule has 0 aromatic heterocycles. The van der Waals surface area contributed by atoms with E-state index in [0.717, 1.165) is 12.1 Å². The molecular weight excluding hydrogens is 254 g/mol. The number of hydrogen-bond donors (Lipinski definition) is 2. The molecule has 18 heavy (non-hydrogen) atoms. The summed E-state index contributed by atoms with van der Waals surface area (Å²) in [5.41, 5.74) is 5.82. The van der Waals surface area contributed by atoms with Crippen molar-refractivity contribution in [2.75, 3.05) is 0 Å². The smallest absolute Gasteiger partial charge is 0.403 e. The summed E-state index contributed by atoms with van der Waals surface area (Å²) in [6.45, 7) is 1.68. The molecule has 0 heterocycles. The van der Waals surface area contributed by atoms with Gasteiger partial charge in [0.05, 0.1) is 12.1 Å². The summed E-state index contributed by atoms with van der Waals surface area (Å²) < 4.78 is 52.6. The third kappa shape index (κ3) is 3.85. The van der Waals surface area contributed by atoms with Crippen LogP contribution in [-0.4, -0.2) is 17.6 Å². The molecule has 0 unspecified atom stereocenters. The molecule has 0 saturated heterocycles. The van der Waals surface area contributed by atoms with Gasteiger partial charge in [0.1, 0.15) is 0 Å². The summed E-state index contributed by atoms with van der Waals surface area (Å²) in [4.78, 5) is 0. The number of aliphatic hydroxyl groups is 1. The van der Waals surface area contributed by atoms with Crippen molar-refractivity contribution in [3.63, 3.8) is 0 Å². The molecule has 1 aromatic rings. The SMILES string of the molecule is CC[C@H](O)[C@H](N)c1ccc(OC(F)(F)F)c(F)c1. The molecule has 0 amide bonds. The lowest BCUT2D eigenvalue weighted by Gasteiger charge is -2.18. The van der Waals surface area contributed by atoms with Crippen LogP contribution in [0.15, 0.2) is 18.2 Å². The monoisotopic (exact) mass is 267 g/mol. The van der Waals surface area contributed by atoms with E-state index in [1.807, 2.05) is 0 Å². The zero-order valence-corrected chi connectivity index (χ0v) is 9.54. The molecule has 0 aliphatic carbocycles. The van der Waals surface area contributed by atoms with Gasteiger partial charge in [0.15, 0.2) is 11.6 Å². The highest BCUT2D eigenvalue weighted by atomic mass is 19.4. The molecule has 3 N–H and O–H groups in total. The van der Waals surface area contributed by atoms with Crippen molar-refractivity contribution in [1.82, 2.24) is 0 Å². The quantitative estimate of drug-likeness (QED) is 0.824. The summed E-state index contributed by atoms with van der Waals surface area (Å²) in [6, 6.07) is 1.99. The van der Waals surface area contributed by atoms with Crippen molar-refractivity contribution in [1.29, 1.82) is 0 Å². The molecule has 0 radical (unpaired) electrons. The van der Waals surface area contributed by atoms with Crippen LogP contribution < -0.4 is 10.5 Å². The van der Waals surface area contributed by atoms with Gasteiger partial charge < -0.3 is 15.6 Å². The Hall–Kier alpha value is -1.34. The lowest BCUT2D eigenvalue weighted by molar-refractivity contribution is -0.275. The molecule has 3 nitrogen and oxygen atoms in total. The standard InChI is InChI=1S/C11H13F4NO2/c1-2-8(17)10(16)6-3-4-9(7(12)5-6)18-11(13,14)15/h3-5,8,10,17H,2,16H2,1H3/t8-,10+/m0/s1. The van der Waals surface area contributed by atoms with E-state index in [2.05, 4.69) is 4.74 Å². The van der Waals surface area contributed by atoms with Gasteiger partial charge in [-0.15, -0.1) is 13.2 Å². The Bertz CT molecular complexity index is 409. The van der Waals surface area contributed by atoms with Gasteiger partial charge in [0.2, 0.25) is 0 Å². The van der Waals surface area contributed by atoms with Crippen molar-refractivity contribution >= 4 is 0 Å². The van der Waals surface area contributed by atoms with Gasteiger partial charge in [-0.3, -0.25) is 0 Å². The van der Waals surface area contributed by atoms with Crippen LogP contribution >= 0.6 is 0 Å². The fourth-order valence-electron chi connectivity index (χ4n) is 1.41. The van der Waals surface area contributed by atoms with Crippen molar-refractivity contribution in [2.45, 2.75) is 31.9 Å². The molecular formula is C11H13F4NO2. The average molecular weight is 267 g/mol. The number of rotatable bonds is 4. The predicted molar refractivity (Wildman–Crippen MR) is 56.3 cm³/mol. The molecule has 0 fully saturated rings. The maximum Gasteiger partial charge on any atom is 0.573 e. The van der Waals surface area contributed by atoms with Gasteiger partial charge >= 0.3 is 6.36 Å². The zero-order valence-electron chi connectivity index (χ0n) is 9.54. The van der Waals surface area contributed by atoms with E-state index < -0.39 is 30.1 Å². The fourth-order valence-corrected chi connectivity index (χ4v) is 1.41. The highest BCUT2D eigenvalue weighted by Gasteiger charge is 2.32. The average Bonchev–Trinajstić information content (AvgIpc) is 2.28. The summed E-state index contributed by atoms with van der Waals surface area (Å²) >= 11 is 0. The van der Waals surface area contributed by atoms with Gasteiger partial charge in [-0.1, -0.05) is 13.0 Å². The first-order chi connectivity index (χ1) is 8.24. The van der Waals surface area contributed by atoms with Gasteiger partial charge in [0, 0.05) is 0 Å². The van der Waals surface area contributed by atoms with Crippen LogP contribution in [0.5, 0.6) is 5.75 Å². The summed E-state index contributed by atoms with van der Waals surface area (Å²) in [7, 11) is 0. The predicted octanol–water partition coefficient (Wildman–Crippen LogP) is 2.50. The van der Waals surface area contributed by atoms with Gasteiger partial charge in [0.25, 0.3) is 0 Å². The second-order valence-corrected chi connectivity index (χ2v) is 3.74. The van der Waals surface area contributed by atoms with Crippen LogP contribution in [0.25, 0.3) is 0 Å². The molecule has 0 bridgehead atoms. The third-order valence-corrected chi connectivity index (χ3v) is 2.40. The highest BCUT2D eigenvalue weighted by Crippen LogP contribution is 2.28. The molecule has 102 valence electrons. The molecule has 0 aliphatic rings. The molecule has 0 aliphatic heterocycles. The molecule has 7 heteroatoms. The Morgan fingerprint density at radius 2 is 2.00 bits per heavy atom. The zero-order chi connectivity index (χ0) is 13.9. The van der Waals surface area contributed by atoms with E-state index in [-0.39, 0.29) is 5.56 Å². The second-order valence-electron chi connectivity index (χ2n) is 3.74. The lowest BCUT2D eigenvalue weighted by atomic mass is 10.0. The van der Waals surface area contributed by atoms with E-state index in [9.17, 15) is 22.7 Å². The van der Waals surface area contributed by atoms with Gasteiger partial charge in [-0.2, -0.15) is 0 Å². The van der Waals surface area contributed by atoms with E-state index in [0.29, 0.717) is 6.42 Å². The first-order valence-corrected chi connectivity index (χ1v) is 5.23. The number of halogens is 4. The van der Waals surface area contributed by atoms with E-state index in [4.69, 9.17) is 5.73 Å². The Morgan fingerprint density at radius 3 is 2.44 bits per heavy atom. The van der Waals surface area contributed by atoms with E-state index in [1.165, 1.54) is 6.07 Å². The second kappa shape index (κ2) is 5.53. The number of aliphatic hydroxyl groups excluding tert-OH is 1. The summed E-state index contributed by atoms with van der Waals surface area (Å²) in [5, 5.41) is 9.47. The van der Waals surface area contributed by atoms with E-state index >= 15 is 0 Å². The Balaban J connectivity index is 2.92. The van der Waals surface area contributed by atoms with Crippen LogP contribution in [0.3, 0.4) is 0 Å². The third-order valence-electron chi connectivity index (χ3n) is 2.40. The number of alkyl halides is 3. The Labute approximate surface area is 101 Å². The topological polar surface area (TPSA) is 55.5 Å². The van der Waals surface area contributed by atoms with Crippen molar-refractivity contribution in [3.05, 3.63) is 29.6 Å². The highest BCUT2D eigenvalue weighted by molar-refractivity contribution is 5.31. The Kier molecular flexibility index (Phi) is 4.53. The first kappa shape index (κ1) is 14.7. The molecule has 1 aromatic carbocycles. The first-order valence-electron chi connectivity index (χ1n) is 5.23. The molecule has 1 rings (SSSR count). The van der Waals surface area contributed by atoms with Gasteiger partial charge in [-0.05, 0) is 24.1 Å².